The number of aliphatic carboxylic acids is 1. The molecule has 0 aromatic carbocycles. The quantitative estimate of drug-likeness (QED) is 0.638. The zero-order valence-electron chi connectivity index (χ0n) is 9.88. The first-order chi connectivity index (χ1) is 7.31. The van der Waals surface area contributed by atoms with E-state index >= 15 is 0 Å². The van der Waals surface area contributed by atoms with Gasteiger partial charge in [0.05, 0.1) is 11.8 Å². The molecule has 1 fully saturated rings. The summed E-state index contributed by atoms with van der Waals surface area (Å²) in [4.78, 5) is 22.6. The zero-order chi connectivity index (χ0) is 12.4. The summed E-state index contributed by atoms with van der Waals surface area (Å²) in [5.41, 5.74) is 4.44. The third kappa shape index (κ3) is 2.72. The molecule has 0 aromatic rings. The molecule has 0 heterocycles. The van der Waals surface area contributed by atoms with Gasteiger partial charge in [-0.15, -0.1) is 0 Å². The highest BCUT2D eigenvalue weighted by Crippen LogP contribution is 2.40. The summed E-state index contributed by atoms with van der Waals surface area (Å²) < 4.78 is 0. The molecule has 16 heavy (non-hydrogen) atoms. The normalized spacial score (nSPS) is 18.7. The van der Waals surface area contributed by atoms with E-state index in [4.69, 9.17) is 10.8 Å². The first-order valence-electron chi connectivity index (χ1n) is 5.56. The van der Waals surface area contributed by atoms with E-state index in [1.807, 2.05) is 0 Å². The van der Waals surface area contributed by atoms with E-state index < -0.39 is 16.9 Å². The van der Waals surface area contributed by atoms with Gasteiger partial charge in [-0.25, -0.2) is 0 Å². The number of hydrogen-bond donors (Lipinski definition) is 3. The third-order valence-corrected chi connectivity index (χ3v) is 3.23. The maximum Gasteiger partial charge on any atom is 0.305 e. The Labute approximate surface area is 95.4 Å². The summed E-state index contributed by atoms with van der Waals surface area (Å²) in [5, 5.41) is 11.5. The Bertz CT molecular complexity index is 290. The minimum Gasteiger partial charge on any atom is -0.481 e. The lowest BCUT2D eigenvalue weighted by Crippen LogP contribution is -2.56. The van der Waals surface area contributed by atoms with Gasteiger partial charge in [0.15, 0.2) is 0 Å². The van der Waals surface area contributed by atoms with Crippen LogP contribution < -0.4 is 11.1 Å². The van der Waals surface area contributed by atoms with E-state index in [-0.39, 0.29) is 12.3 Å². The van der Waals surface area contributed by atoms with E-state index in [2.05, 4.69) is 5.32 Å². The lowest BCUT2D eigenvalue weighted by Gasteiger charge is -2.41. The average molecular weight is 228 g/mol. The molecule has 1 rings (SSSR count). The van der Waals surface area contributed by atoms with Crippen LogP contribution >= 0.6 is 0 Å². The Kier molecular flexibility index (Phi) is 3.57. The summed E-state index contributed by atoms with van der Waals surface area (Å²) >= 11 is 0. The minimum absolute atomic E-state index is 0.0839. The van der Waals surface area contributed by atoms with Crippen LogP contribution in [0.3, 0.4) is 0 Å². The van der Waals surface area contributed by atoms with Gasteiger partial charge >= 0.3 is 5.97 Å². The highest BCUT2D eigenvalue weighted by Gasteiger charge is 2.44. The van der Waals surface area contributed by atoms with E-state index in [0.29, 0.717) is 6.54 Å². The van der Waals surface area contributed by atoms with Crippen molar-refractivity contribution < 1.29 is 14.7 Å². The molecule has 0 spiro atoms. The van der Waals surface area contributed by atoms with E-state index in [1.54, 1.807) is 13.8 Å². The average Bonchev–Trinajstić information content (AvgIpc) is 1.98. The predicted molar refractivity (Wildman–Crippen MR) is 59.8 cm³/mol. The second-order valence-electron chi connectivity index (χ2n) is 5.25. The maximum absolute atomic E-state index is 12.0. The molecule has 4 N–H and O–H groups in total. The maximum atomic E-state index is 12.0. The van der Waals surface area contributed by atoms with Crippen LogP contribution in [0, 0.1) is 5.41 Å². The summed E-state index contributed by atoms with van der Waals surface area (Å²) in [5.74, 6) is -1.02. The minimum atomic E-state index is -0.916. The van der Waals surface area contributed by atoms with Crippen LogP contribution in [0.5, 0.6) is 0 Å². The zero-order valence-corrected chi connectivity index (χ0v) is 9.88. The molecule has 5 heteroatoms. The molecule has 0 radical (unpaired) electrons. The van der Waals surface area contributed by atoms with Gasteiger partial charge in [0, 0.05) is 12.1 Å². The van der Waals surface area contributed by atoms with Crippen LogP contribution in [-0.4, -0.2) is 29.1 Å². The molecule has 1 saturated carbocycles. The van der Waals surface area contributed by atoms with Crippen molar-refractivity contribution in [1.82, 2.24) is 5.32 Å². The Morgan fingerprint density at radius 3 is 2.31 bits per heavy atom. The smallest absolute Gasteiger partial charge is 0.305 e. The first-order valence-corrected chi connectivity index (χ1v) is 5.56. The number of nitrogens with two attached hydrogens (primary N) is 1. The lowest BCUT2D eigenvalue weighted by atomic mass is 9.68. The Morgan fingerprint density at radius 1 is 1.44 bits per heavy atom. The number of nitrogens with one attached hydrogen (secondary N) is 1. The van der Waals surface area contributed by atoms with Gasteiger partial charge in [0.2, 0.25) is 5.91 Å². The molecule has 1 aliphatic rings. The van der Waals surface area contributed by atoms with Gasteiger partial charge in [-0.2, -0.15) is 0 Å². The van der Waals surface area contributed by atoms with E-state index in [1.165, 1.54) is 0 Å². The van der Waals surface area contributed by atoms with Gasteiger partial charge in [-0.3, -0.25) is 9.59 Å². The van der Waals surface area contributed by atoms with Crippen LogP contribution in [0.2, 0.25) is 0 Å². The molecule has 0 bridgehead atoms. The fourth-order valence-electron chi connectivity index (χ4n) is 1.99. The molecule has 1 aliphatic carbocycles. The summed E-state index contributed by atoms with van der Waals surface area (Å²) in [6.07, 6.45) is 2.54. The third-order valence-electron chi connectivity index (χ3n) is 3.23. The largest absolute Gasteiger partial charge is 0.481 e. The van der Waals surface area contributed by atoms with Crippen LogP contribution in [0.25, 0.3) is 0 Å². The highest BCUT2D eigenvalue weighted by atomic mass is 16.4. The van der Waals surface area contributed by atoms with Crippen molar-refractivity contribution in [2.24, 2.45) is 11.1 Å². The standard InChI is InChI=1S/C11H20N2O3/c1-10(2,6-8(14)15)13-9(16)11(7-12)4-3-5-11/h3-7,12H2,1-2H3,(H,13,16)(H,14,15). The second-order valence-corrected chi connectivity index (χ2v) is 5.25. The van der Waals surface area contributed by atoms with Gasteiger partial charge in [-0.05, 0) is 26.7 Å². The van der Waals surface area contributed by atoms with Gasteiger partial charge < -0.3 is 16.2 Å². The summed E-state index contributed by atoms with van der Waals surface area (Å²) in [6.45, 7) is 3.76. The van der Waals surface area contributed by atoms with Crippen molar-refractivity contribution in [2.45, 2.75) is 45.1 Å². The second kappa shape index (κ2) is 4.41. The molecule has 0 unspecified atom stereocenters. The predicted octanol–water partition coefficient (Wildman–Crippen LogP) is 0.485. The Morgan fingerprint density at radius 2 is 2.00 bits per heavy atom. The number of rotatable bonds is 5. The van der Waals surface area contributed by atoms with Gasteiger partial charge in [0.1, 0.15) is 0 Å². The van der Waals surface area contributed by atoms with Crippen molar-refractivity contribution >= 4 is 11.9 Å². The Hall–Kier alpha value is -1.10. The SMILES string of the molecule is CC(C)(CC(=O)O)NC(=O)C1(CN)CCC1. The monoisotopic (exact) mass is 228 g/mol. The first kappa shape index (κ1) is 13.0. The van der Waals surface area contributed by atoms with Crippen molar-refractivity contribution in [3.8, 4) is 0 Å². The topological polar surface area (TPSA) is 92.4 Å². The summed E-state index contributed by atoms with van der Waals surface area (Å²) in [7, 11) is 0. The molecule has 1 amide bonds. The molecular weight excluding hydrogens is 208 g/mol. The van der Waals surface area contributed by atoms with Crippen molar-refractivity contribution in [3.05, 3.63) is 0 Å². The highest BCUT2D eigenvalue weighted by molar-refractivity contribution is 5.85. The number of amides is 1. The summed E-state index contributed by atoms with van der Waals surface area (Å²) in [6, 6.07) is 0. The van der Waals surface area contributed by atoms with Crippen LogP contribution in [0.1, 0.15) is 39.5 Å². The Balaban J connectivity index is 2.59. The number of carboxylic acids is 1. The van der Waals surface area contributed by atoms with Gasteiger partial charge in [-0.1, -0.05) is 6.42 Å². The fraction of sp³-hybridized carbons (Fsp3) is 0.818. The number of carbonyl (C=O) groups excluding carboxylic acids is 1. The van der Waals surface area contributed by atoms with Crippen molar-refractivity contribution in [2.75, 3.05) is 6.54 Å². The molecule has 0 aromatic heterocycles. The number of hydrogen-bond acceptors (Lipinski definition) is 3. The molecule has 0 atom stereocenters. The molecule has 0 saturated heterocycles. The van der Waals surface area contributed by atoms with Crippen LogP contribution in [-0.2, 0) is 9.59 Å². The van der Waals surface area contributed by atoms with Crippen LogP contribution in [0.15, 0.2) is 0 Å². The van der Waals surface area contributed by atoms with Crippen LogP contribution in [0.4, 0.5) is 0 Å². The lowest BCUT2D eigenvalue weighted by molar-refractivity contribution is -0.140. The molecule has 5 nitrogen and oxygen atoms in total. The van der Waals surface area contributed by atoms with Crippen molar-refractivity contribution in [1.29, 1.82) is 0 Å². The molecular formula is C11H20N2O3. The van der Waals surface area contributed by atoms with Gasteiger partial charge in [0.25, 0.3) is 0 Å². The molecule has 92 valence electrons. The number of carboxylic acid groups (broad SMARTS) is 1. The van der Waals surface area contributed by atoms with E-state index in [0.717, 1.165) is 19.3 Å². The van der Waals surface area contributed by atoms with Crippen molar-refractivity contribution in [3.63, 3.8) is 0 Å². The number of carbonyl (C=O) groups is 2. The fourth-order valence-corrected chi connectivity index (χ4v) is 1.99. The van der Waals surface area contributed by atoms with E-state index in [9.17, 15) is 9.59 Å². The molecule has 0 aliphatic heterocycles.